The molecule has 6 heteroatoms. The van der Waals surface area contributed by atoms with Gasteiger partial charge in [0.2, 0.25) is 0 Å². The zero-order valence-electron chi connectivity index (χ0n) is 5.51. The predicted molar refractivity (Wildman–Crippen MR) is 41.2 cm³/mol. The van der Waals surface area contributed by atoms with Gasteiger partial charge in [-0.3, -0.25) is 0 Å². The molecule has 0 aliphatic carbocycles. The number of pyridine rings is 1. The second-order valence-electron chi connectivity index (χ2n) is 1.89. The first-order valence-electron chi connectivity index (χ1n) is 2.77. The monoisotopic (exact) mass is 209 g/mol. The van der Waals surface area contributed by atoms with Gasteiger partial charge >= 0.3 is 5.97 Å². The van der Waals surface area contributed by atoms with Gasteiger partial charge in [-0.1, -0.05) is 23.2 Å². The summed E-state index contributed by atoms with van der Waals surface area (Å²) in [7, 11) is 0. The summed E-state index contributed by atoms with van der Waals surface area (Å²) < 4.78 is 12.7. The second-order valence-corrected chi connectivity index (χ2v) is 2.63. The molecule has 0 fully saturated rings. The summed E-state index contributed by atoms with van der Waals surface area (Å²) >= 11 is 10.7. The number of halogens is 3. The quantitative estimate of drug-likeness (QED) is 0.723. The molecule has 0 radical (unpaired) electrons. The number of aromatic carboxylic acids is 1. The molecule has 1 rings (SSSR count). The molecular weight excluding hydrogens is 208 g/mol. The number of carboxylic acids is 1. The molecule has 0 amide bonds. The number of nitrogens with zero attached hydrogens (tertiary/aromatic N) is 1. The summed E-state index contributed by atoms with van der Waals surface area (Å²) in [6.45, 7) is 0. The number of hydrogen-bond donors (Lipinski definition) is 1. The molecule has 0 aromatic carbocycles. The average molecular weight is 210 g/mol. The number of aromatic nitrogens is 1. The highest BCUT2D eigenvalue weighted by atomic mass is 35.5. The van der Waals surface area contributed by atoms with Gasteiger partial charge in [0.15, 0.2) is 5.82 Å². The Balaban J connectivity index is 3.43. The highest BCUT2D eigenvalue weighted by molar-refractivity contribution is 6.42. The first-order chi connectivity index (χ1) is 5.54. The summed E-state index contributed by atoms with van der Waals surface area (Å²) in [6, 6.07) is 0. The van der Waals surface area contributed by atoms with Crippen molar-refractivity contribution in [3.05, 3.63) is 27.8 Å². The maximum Gasteiger partial charge on any atom is 0.340 e. The van der Waals surface area contributed by atoms with Crippen molar-refractivity contribution in [2.75, 3.05) is 0 Å². The van der Waals surface area contributed by atoms with E-state index in [-0.39, 0.29) is 10.2 Å². The van der Waals surface area contributed by atoms with Gasteiger partial charge in [-0.15, -0.1) is 0 Å². The van der Waals surface area contributed by atoms with E-state index in [1.165, 1.54) is 0 Å². The van der Waals surface area contributed by atoms with Crippen molar-refractivity contribution in [1.82, 2.24) is 4.98 Å². The normalized spacial score (nSPS) is 9.92. The molecule has 1 N–H and O–H groups in total. The Hall–Kier alpha value is -0.870. The van der Waals surface area contributed by atoms with E-state index in [1.807, 2.05) is 0 Å². The number of carbonyl (C=O) groups is 1. The first kappa shape index (κ1) is 9.22. The minimum atomic E-state index is -1.47. The Morgan fingerprint density at radius 3 is 2.58 bits per heavy atom. The Labute approximate surface area is 76.7 Å². The third kappa shape index (κ3) is 1.49. The summed E-state index contributed by atoms with van der Waals surface area (Å²) in [6.07, 6.45) is 0.706. The van der Waals surface area contributed by atoms with E-state index >= 15 is 0 Å². The zero-order valence-corrected chi connectivity index (χ0v) is 7.03. The molecule has 0 saturated carbocycles. The lowest BCUT2D eigenvalue weighted by molar-refractivity contribution is 0.0692. The van der Waals surface area contributed by atoms with Crippen molar-refractivity contribution in [3.8, 4) is 0 Å². The topological polar surface area (TPSA) is 50.2 Å². The molecule has 0 saturated heterocycles. The van der Waals surface area contributed by atoms with Crippen LogP contribution < -0.4 is 0 Å². The maximum atomic E-state index is 12.7. The molecule has 0 aliphatic rings. The van der Waals surface area contributed by atoms with E-state index in [0.29, 0.717) is 6.20 Å². The van der Waals surface area contributed by atoms with Crippen LogP contribution in [-0.4, -0.2) is 16.1 Å². The maximum absolute atomic E-state index is 12.7. The van der Waals surface area contributed by atoms with Crippen LogP contribution in [0.1, 0.15) is 10.4 Å². The van der Waals surface area contributed by atoms with Crippen LogP contribution in [0.4, 0.5) is 4.39 Å². The van der Waals surface area contributed by atoms with Crippen molar-refractivity contribution >= 4 is 29.2 Å². The molecule has 0 bridgehead atoms. The van der Waals surface area contributed by atoms with Crippen molar-refractivity contribution in [1.29, 1.82) is 0 Å². The second kappa shape index (κ2) is 3.25. The van der Waals surface area contributed by atoms with Gasteiger partial charge in [0.1, 0.15) is 10.7 Å². The summed E-state index contributed by atoms with van der Waals surface area (Å²) in [5.74, 6) is -2.47. The predicted octanol–water partition coefficient (Wildman–Crippen LogP) is 2.23. The van der Waals surface area contributed by atoms with Crippen molar-refractivity contribution in [2.45, 2.75) is 0 Å². The Kier molecular flexibility index (Phi) is 2.49. The van der Waals surface area contributed by atoms with Gasteiger partial charge in [0, 0.05) is 0 Å². The standard InChI is InChI=1S/C6H2Cl2FNO2/c7-4-3(6(11)12)2(9)1-10-5(4)8/h1H,(H,11,12). The van der Waals surface area contributed by atoms with E-state index in [0.717, 1.165) is 0 Å². The Morgan fingerprint density at radius 1 is 1.58 bits per heavy atom. The molecule has 0 unspecified atom stereocenters. The van der Waals surface area contributed by atoms with Crippen molar-refractivity contribution in [2.24, 2.45) is 0 Å². The van der Waals surface area contributed by atoms with Crippen LogP contribution in [0.5, 0.6) is 0 Å². The van der Waals surface area contributed by atoms with E-state index in [4.69, 9.17) is 28.3 Å². The van der Waals surface area contributed by atoms with E-state index in [1.54, 1.807) is 0 Å². The van der Waals surface area contributed by atoms with Crippen LogP contribution in [0, 0.1) is 5.82 Å². The van der Waals surface area contributed by atoms with Gasteiger partial charge in [0.25, 0.3) is 0 Å². The van der Waals surface area contributed by atoms with E-state index in [9.17, 15) is 9.18 Å². The summed E-state index contributed by atoms with van der Waals surface area (Å²) in [4.78, 5) is 13.7. The van der Waals surface area contributed by atoms with Crippen LogP contribution in [0.3, 0.4) is 0 Å². The lowest BCUT2D eigenvalue weighted by Gasteiger charge is -2.00. The van der Waals surface area contributed by atoms with Crippen LogP contribution in [0.25, 0.3) is 0 Å². The molecule has 1 aromatic rings. The molecule has 0 spiro atoms. The number of hydrogen-bond acceptors (Lipinski definition) is 2. The average Bonchev–Trinajstić information content (AvgIpc) is 1.97. The first-order valence-corrected chi connectivity index (χ1v) is 3.52. The van der Waals surface area contributed by atoms with Gasteiger partial charge in [-0.2, -0.15) is 0 Å². The lowest BCUT2D eigenvalue weighted by atomic mass is 10.2. The summed E-state index contributed by atoms with van der Waals surface area (Å²) in [5.41, 5.74) is -0.656. The molecule has 12 heavy (non-hydrogen) atoms. The van der Waals surface area contributed by atoms with Gasteiger partial charge in [-0.25, -0.2) is 14.2 Å². The molecule has 0 aliphatic heterocycles. The van der Waals surface area contributed by atoms with Crippen LogP contribution in [0.2, 0.25) is 10.2 Å². The van der Waals surface area contributed by atoms with Crippen LogP contribution in [-0.2, 0) is 0 Å². The molecule has 0 atom stereocenters. The highest BCUT2D eigenvalue weighted by Gasteiger charge is 2.17. The Bertz CT molecular complexity index is 343. The number of carboxylic acid groups (broad SMARTS) is 1. The van der Waals surface area contributed by atoms with Gasteiger partial charge in [0.05, 0.1) is 11.2 Å². The van der Waals surface area contributed by atoms with Crippen LogP contribution >= 0.6 is 23.2 Å². The van der Waals surface area contributed by atoms with E-state index < -0.39 is 17.3 Å². The third-order valence-electron chi connectivity index (χ3n) is 1.14. The fourth-order valence-corrected chi connectivity index (χ4v) is 1.00. The Morgan fingerprint density at radius 2 is 2.17 bits per heavy atom. The molecule has 1 heterocycles. The lowest BCUT2D eigenvalue weighted by Crippen LogP contribution is -2.02. The largest absolute Gasteiger partial charge is 0.478 e. The fourth-order valence-electron chi connectivity index (χ4n) is 0.639. The minimum Gasteiger partial charge on any atom is -0.478 e. The highest BCUT2D eigenvalue weighted by Crippen LogP contribution is 2.25. The molecule has 64 valence electrons. The fraction of sp³-hybridized carbons (Fsp3) is 0. The van der Waals surface area contributed by atoms with Gasteiger partial charge in [-0.05, 0) is 0 Å². The molecular formula is C6H2Cl2FNO2. The van der Waals surface area contributed by atoms with Crippen molar-refractivity contribution in [3.63, 3.8) is 0 Å². The molecule has 3 nitrogen and oxygen atoms in total. The smallest absolute Gasteiger partial charge is 0.340 e. The zero-order chi connectivity index (χ0) is 9.30. The van der Waals surface area contributed by atoms with Gasteiger partial charge < -0.3 is 5.11 Å². The molecule has 1 aromatic heterocycles. The minimum absolute atomic E-state index is 0.226. The summed E-state index contributed by atoms with van der Waals surface area (Å²) in [5, 5.41) is 7.85. The third-order valence-corrected chi connectivity index (χ3v) is 1.90. The van der Waals surface area contributed by atoms with Crippen LogP contribution in [0.15, 0.2) is 6.20 Å². The SMILES string of the molecule is O=C(O)c1c(F)cnc(Cl)c1Cl. The van der Waals surface area contributed by atoms with E-state index in [2.05, 4.69) is 4.98 Å². The number of rotatable bonds is 1. The van der Waals surface area contributed by atoms with Crippen molar-refractivity contribution < 1.29 is 14.3 Å².